The Labute approximate surface area is 101 Å². The van der Waals surface area contributed by atoms with Gasteiger partial charge in [-0.1, -0.05) is 20.3 Å². The third kappa shape index (κ3) is 4.81. The van der Waals surface area contributed by atoms with Gasteiger partial charge in [0, 0.05) is 32.2 Å². The van der Waals surface area contributed by atoms with Gasteiger partial charge >= 0.3 is 0 Å². The zero-order valence-electron chi connectivity index (χ0n) is 11.3. The van der Waals surface area contributed by atoms with E-state index in [2.05, 4.69) is 36.0 Å². The van der Waals surface area contributed by atoms with E-state index in [4.69, 9.17) is 0 Å². The molecule has 0 atom stereocenters. The molecule has 3 heteroatoms. The van der Waals surface area contributed by atoms with Crippen LogP contribution in [0.3, 0.4) is 0 Å². The summed E-state index contributed by atoms with van der Waals surface area (Å²) in [6.45, 7) is 11.7. The Bertz CT molecular complexity index is 159. The number of nitrogens with one attached hydrogen (secondary N) is 1. The summed E-state index contributed by atoms with van der Waals surface area (Å²) in [6.07, 6.45) is 3.99. The van der Waals surface area contributed by atoms with Gasteiger partial charge in [-0.05, 0) is 33.0 Å². The fraction of sp³-hybridized carbons (Fsp3) is 1.00. The van der Waals surface area contributed by atoms with Crippen molar-refractivity contribution >= 4 is 0 Å². The smallest absolute Gasteiger partial charge is 0.0121 e. The highest BCUT2D eigenvalue weighted by atomic mass is 15.2. The topological polar surface area (TPSA) is 18.5 Å². The number of nitrogens with zero attached hydrogens (tertiary/aromatic N) is 2. The Morgan fingerprint density at radius 1 is 1.00 bits per heavy atom. The van der Waals surface area contributed by atoms with Gasteiger partial charge < -0.3 is 10.2 Å². The minimum atomic E-state index is 0.873. The first-order valence-electron chi connectivity index (χ1n) is 6.91. The van der Waals surface area contributed by atoms with E-state index in [1.165, 1.54) is 58.5 Å². The standard InChI is InChI=1S/C10H21N3.C3H8/c1-12-6-2-10(3-7-12)13-8-4-11-5-9-13;1-3-2/h10-11H,2-9H2,1H3;3H2,1-2H3. The predicted octanol–water partition coefficient (Wildman–Crippen LogP) is 1.40. The lowest BCUT2D eigenvalue weighted by atomic mass is 10.0. The molecule has 2 saturated heterocycles. The van der Waals surface area contributed by atoms with E-state index in [1.54, 1.807) is 0 Å². The van der Waals surface area contributed by atoms with Gasteiger partial charge in [-0.2, -0.15) is 0 Å². The van der Waals surface area contributed by atoms with Crippen LogP contribution in [0.1, 0.15) is 33.1 Å². The van der Waals surface area contributed by atoms with E-state index in [0.29, 0.717) is 0 Å². The Balaban J connectivity index is 0.000000386. The second-order valence-corrected chi connectivity index (χ2v) is 5.03. The zero-order chi connectivity index (χ0) is 11.8. The summed E-state index contributed by atoms with van der Waals surface area (Å²) in [5, 5.41) is 3.41. The Kier molecular flexibility index (Phi) is 7.01. The molecule has 0 aromatic rings. The number of piperazine rings is 1. The molecule has 2 heterocycles. The fourth-order valence-electron chi connectivity index (χ4n) is 2.41. The molecular weight excluding hydrogens is 198 g/mol. The zero-order valence-corrected chi connectivity index (χ0v) is 11.3. The molecule has 0 aromatic carbocycles. The average molecular weight is 227 g/mol. The highest BCUT2D eigenvalue weighted by Crippen LogP contribution is 2.15. The summed E-state index contributed by atoms with van der Waals surface area (Å²) in [6, 6.07) is 0.873. The van der Waals surface area contributed by atoms with Crippen LogP contribution < -0.4 is 5.32 Å². The van der Waals surface area contributed by atoms with Gasteiger partial charge in [0.25, 0.3) is 0 Å². The molecule has 2 fully saturated rings. The van der Waals surface area contributed by atoms with Crippen LogP contribution in [0.2, 0.25) is 0 Å². The van der Waals surface area contributed by atoms with E-state index in [1.807, 2.05) is 0 Å². The van der Waals surface area contributed by atoms with Crippen LogP contribution in [0.25, 0.3) is 0 Å². The highest BCUT2D eigenvalue weighted by molar-refractivity contribution is 4.81. The fourth-order valence-corrected chi connectivity index (χ4v) is 2.41. The van der Waals surface area contributed by atoms with Crippen LogP contribution in [0.15, 0.2) is 0 Å². The molecular formula is C13H29N3. The monoisotopic (exact) mass is 227 g/mol. The number of hydrogen-bond acceptors (Lipinski definition) is 3. The lowest BCUT2D eigenvalue weighted by molar-refractivity contribution is 0.109. The maximum Gasteiger partial charge on any atom is 0.0121 e. The second kappa shape index (κ2) is 8.04. The Morgan fingerprint density at radius 2 is 1.50 bits per heavy atom. The van der Waals surface area contributed by atoms with E-state index in [9.17, 15) is 0 Å². The summed E-state index contributed by atoms with van der Waals surface area (Å²) in [4.78, 5) is 5.11. The second-order valence-electron chi connectivity index (χ2n) is 5.03. The van der Waals surface area contributed by atoms with E-state index < -0.39 is 0 Å². The van der Waals surface area contributed by atoms with Crippen LogP contribution in [0, 0.1) is 0 Å². The van der Waals surface area contributed by atoms with Crippen molar-refractivity contribution in [3.63, 3.8) is 0 Å². The van der Waals surface area contributed by atoms with Crippen LogP contribution in [0.4, 0.5) is 0 Å². The third-order valence-electron chi connectivity index (χ3n) is 3.36. The van der Waals surface area contributed by atoms with Gasteiger partial charge in [0.2, 0.25) is 0 Å². The molecule has 0 bridgehead atoms. The largest absolute Gasteiger partial charge is 0.314 e. The van der Waals surface area contributed by atoms with Crippen molar-refractivity contribution in [2.75, 3.05) is 46.3 Å². The summed E-state index contributed by atoms with van der Waals surface area (Å²) in [5.74, 6) is 0. The van der Waals surface area contributed by atoms with Crippen molar-refractivity contribution in [3.05, 3.63) is 0 Å². The van der Waals surface area contributed by atoms with Gasteiger partial charge in [-0.25, -0.2) is 0 Å². The maximum absolute atomic E-state index is 3.41. The van der Waals surface area contributed by atoms with Crippen molar-refractivity contribution < 1.29 is 0 Å². The number of hydrogen-bond donors (Lipinski definition) is 1. The molecule has 0 aromatic heterocycles. The molecule has 96 valence electrons. The molecule has 2 aliphatic rings. The van der Waals surface area contributed by atoms with E-state index in [0.717, 1.165) is 6.04 Å². The lowest BCUT2D eigenvalue weighted by Crippen LogP contribution is -2.51. The third-order valence-corrected chi connectivity index (χ3v) is 3.36. The van der Waals surface area contributed by atoms with Crippen molar-refractivity contribution in [2.24, 2.45) is 0 Å². The first-order valence-corrected chi connectivity index (χ1v) is 6.91. The number of rotatable bonds is 1. The Hall–Kier alpha value is -0.120. The molecule has 1 N–H and O–H groups in total. The Morgan fingerprint density at radius 3 is 2.00 bits per heavy atom. The highest BCUT2D eigenvalue weighted by Gasteiger charge is 2.23. The van der Waals surface area contributed by atoms with Crippen LogP contribution in [0.5, 0.6) is 0 Å². The SMILES string of the molecule is CCC.CN1CCC(N2CCNCC2)CC1. The number of piperidine rings is 1. The molecule has 2 rings (SSSR count). The first-order chi connectivity index (χ1) is 7.77. The molecule has 0 aliphatic carbocycles. The average Bonchev–Trinajstić information content (AvgIpc) is 2.32. The number of likely N-dealkylation sites (tertiary alicyclic amines) is 1. The quantitative estimate of drug-likeness (QED) is 0.730. The maximum atomic E-state index is 3.41. The van der Waals surface area contributed by atoms with Crippen LogP contribution in [-0.2, 0) is 0 Å². The summed E-state index contributed by atoms with van der Waals surface area (Å²) in [5.41, 5.74) is 0. The van der Waals surface area contributed by atoms with E-state index in [-0.39, 0.29) is 0 Å². The molecule has 0 amide bonds. The molecule has 0 unspecified atom stereocenters. The molecule has 0 radical (unpaired) electrons. The summed E-state index contributed by atoms with van der Waals surface area (Å²) in [7, 11) is 2.23. The van der Waals surface area contributed by atoms with Gasteiger partial charge in [-0.3, -0.25) is 4.90 Å². The van der Waals surface area contributed by atoms with Crippen molar-refractivity contribution in [3.8, 4) is 0 Å². The van der Waals surface area contributed by atoms with Gasteiger partial charge in [0.15, 0.2) is 0 Å². The molecule has 3 nitrogen and oxygen atoms in total. The van der Waals surface area contributed by atoms with Crippen molar-refractivity contribution in [2.45, 2.75) is 39.2 Å². The van der Waals surface area contributed by atoms with Gasteiger partial charge in [0.1, 0.15) is 0 Å². The summed E-state index contributed by atoms with van der Waals surface area (Å²) >= 11 is 0. The normalized spacial score (nSPS) is 24.9. The van der Waals surface area contributed by atoms with Crippen LogP contribution in [-0.4, -0.2) is 62.2 Å². The minimum Gasteiger partial charge on any atom is -0.314 e. The van der Waals surface area contributed by atoms with Gasteiger partial charge in [0.05, 0.1) is 0 Å². The van der Waals surface area contributed by atoms with Gasteiger partial charge in [-0.15, -0.1) is 0 Å². The van der Waals surface area contributed by atoms with Crippen molar-refractivity contribution in [1.29, 1.82) is 0 Å². The molecule has 16 heavy (non-hydrogen) atoms. The van der Waals surface area contributed by atoms with Crippen molar-refractivity contribution in [1.82, 2.24) is 15.1 Å². The molecule has 2 aliphatic heterocycles. The first kappa shape index (κ1) is 13.9. The van der Waals surface area contributed by atoms with Crippen LogP contribution >= 0.6 is 0 Å². The predicted molar refractivity (Wildman–Crippen MR) is 70.9 cm³/mol. The minimum absolute atomic E-state index is 0.873. The molecule has 0 saturated carbocycles. The summed E-state index contributed by atoms with van der Waals surface area (Å²) < 4.78 is 0. The van der Waals surface area contributed by atoms with E-state index >= 15 is 0 Å². The molecule has 0 spiro atoms. The lowest BCUT2D eigenvalue weighted by Gasteiger charge is -2.39.